The van der Waals surface area contributed by atoms with Gasteiger partial charge in [0.1, 0.15) is 6.10 Å². The average molecular weight is 502 g/mol. The normalized spacial score (nSPS) is 24.1. The van der Waals surface area contributed by atoms with E-state index in [0.29, 0.717) is 0 Å². The number of hydrogen-bond donors (Lipinski definition) is 1. The second-order valence-electron chi connectivity index (χ2n) is 12.2. The summed E-state index contributed by atoms with van der Waals surface area (Å²) in [6.07, 6.45) is -0.276. The molecule has 7 heteroatoms. The lowest BCUT2D eigenvalue weighted by molar-refractivity contribution is -0.141. The van der Waals surface area contributed by atoms with Crippen LogP contribution in [0.15, 0.2) is 43.0 Å². The third-order valence-corrected chi connectivity index (χ3v) is 16.4. The molecule has 1 aliphatic rings. The molecule has 0 aliphatic carbocycles. The van der Waals surface area contributed by atoms with Crippen molar-refractivity contribution in [1.82, 2.24) is 4.90 Å². The van der Waals surface area contributed by atoms with Crippen LogP contribution in [-0.4, -0.2) is 57.0 Å². The molecule has 188 valence electrons. The maximum absolute atomic E-state index is 13.8. The van der Waals surface area contributed by atoms with E-state index < -0.39 is 34.6 Å². The van der Waals surface area contributed by atoms with Crippen LogP contribution < -0.4 is 0 Å². The van der Waals surface area contributed by atoms with Gasteiger partial charge in [0, 0.05) is 12.1 Å². The lowest BCUT2D eigenvalue weighted by atomic mass is 10.1. The Morgan fingerprint density at radius 2 is 1.53 bits per heavy atom. The molecule has 1 heterocycles. The molecule has 1 aromatic carbocycles. The van der Waals surface area contributed by atoms with Crippen molar-refractivity contribution in [2.45, 2.75) is 95.7 Å². The Morgan fingerprint density at radius 3 is 2.00 bits per heavy atom. The number of aliphatic hydroxyl groups is 1. The molecule has 0 bridgehead atoms. The Balaban J connectivity index is 2.68. The molecular formula is C27H43NO4Si2. The molecule has 1 amide bonds. The molecule has 1 saturated heterocycles. The molecule has 0 spiro atoms. The van der Waals surface area contributed by atoms with Crippen molar-refractivity contribution in [2.75, 3.05) is 6.54 Å². The summed E-state index contributed by atoms with van der Waals surface area (Å²) in [7, 11) is -4.78. The quantitative estimate of drug-likeness (QED) is 0.316. The molecule has 1 aliphatic heterocycles. The highest BCUT2D eigenvalue weighted by molar-refractivity contribution is 6.74. The highest BCUT2D eigenvalue weighted by atomic mass is 28.4. The molecule has 1 aromatic rings. The molecule has 34 heavy (non-hydrogen) atoms. The van der Waals surface area contributed by atoms with Gasteiger partial charge < -0.3 is 14.0 Å². The van der Waals surface area contributed by atoms with Gasteiger partial charge in [0.2, 0.25) is 5.72 Å². The van der Waals surface area contributed by atoms with Crippen molar-refractivity contribution in [3.8, 4) is 11.8 Å². The number of hydrogen-bond acceptors (Lipinski definition) is 4. The first kappa shape index (κ1) is 28.5. The molecule has 2 rings (SSSR count). The predicted molar refractivity (Wildman–Crippen MR) is 144 cm³/mol. The molecular weight excluding hydrogens is 458 g/mol. The fourth-order valence-corrected chi connectivity index (χ4v) is 5.73. The minimum absolute atomic E-state index is 0.117. The highest BCUT2D eigenvalue weighted by Crippen LogP contribution is 2.45. The Labute approximate surface area is 208 Å². The maximum atomic E-state index is 13.8. The van der Waals surface area contributed by atoms with E-state index in [2.05, 4.69) is 86.2 Å². The minimum atomic E-state index is -2.41. The average Bonchev–Trinajstić information content (AvgIpc) is 2.88. The summed E-state index contributed by atoms with van der Waals surface area (Å²) >= 11 is 0. The Kier molecular flexibility index (Phi) is 8.18. The zero-order valence-electron chi connectivity index (χ0n) is 22.7. The molecule has 0 radical (unpaired) electrons. The first-order valence-electron chi connectivity index (χ1n) is 12.0. The van der Waals surface area contributed by atoms with Crippen LogP contribution in [-0.2, 0) is 13.6 Å². The van der Waals surface area contributed by atoms with Crippen molar-refractivity contribution in [3.63, 3.8) is 0 Å². The van der Waals surface area contributed by atoms with E-state index in [-0.39, 0.29) is 22.5 Å². The van der Waals surface area contributed by atoms with Gasteiger partial charge in [0.25, 0.3) is 5.91 Å². The molecule has 5 nitrogen and oxygen atoms in total. The number of rotatable bonds is 6. The molecule has 1 fully saturated rings. The second-order valence-corrected chi connectivity index (χ2v) is 21.7. The number of nitrogens with zero attached hydrogens (tertiary/aromatic N) is 1. The zero-order chi connectivity index (χ0) is 26.2. The van der Waals surface area contributed by atoms with Crippen LogP contribution in [0, 0.1) is 11.8 Å². The van der Waals surface area contributed by atoms with E-state index in [0.717, 1.165) is 5.56 Å². The number of benzene rings is 1. The summed E-state index contributed by atoms with van der Waals surface area (Å²) in [5.74, 6) is 5.77. The van der Waals surface area contributed by atoms with Gasteiger partial charge in [-0.15, -0.1) is 6.58 Å². The smallest absolute Gasteiger partial charge is 0.256 e. The second kappa shape index (κ2) is 9.75. The summed E-state index contributed by atoms with van der Waals surface area (Å²) < 4.78 is 13.4. The zero-order valence-corrected chi connectivity index (χ0v) is 24.7. The van der Waals surface area contributed by atoms with Crippen molar-refractivity contribution >= 4 is 22.5 Å². The Morgan fingerprint density at radius 1 is 1.03 bits per heavy atom. The number of likely N-dealkylation sites (tertiary alicyclic amines) is 1. The van der Waals surface area contributed by atoms with Gasteiger partial charge in [0.15, 0.2) is 22.7 Å². The topological polar surface area (TPSA) is 59.0 Å². The first-order valence-corrected chi connectivity index (χ1v) is 17.8. The monoisotopic (exact) mass is 501 g/mol. The van der Waals surface area contributed by atoms with Crippen LogP contribution in [0.4, 0.5) is 0 Å². The van der Waals surface area contributed by atoms with Gasteiger partial charge in [-0.05, 0) is 54.3 Å². The molecule has 0 aromatic heterocycles. The van der Waals surface area contributed by atoms with Crippen molar-refractivity contribution < 1.29 is 18.8 Å². The van der Waals surface area contributed by atoms with Crippen LogP contribution in [0.25, 0.3) is 0 Å². The predicted octanol–water partition coefficient (Wildman–Crippen LogP) is 5.54. The van der Waals surface area contributed by atoms with Gasteiger partial charge in [-0.3, -0.25) is 9.69 Å². The highest BCUT2D eigenvalue weighted by Gasteiger charge is 2.62. The van der Waals surface area contributed by atoms with E-state index in [9.17, 15) is 9.90 Å². The summed E-state index contributed by atoms with van der Waals surface area (Å²) in [5, 5.41) is 11.8. The largest absolute Gasteiger partial charge is 0.405 e. The van der Waals surface area contributed by atoms with Gasteiger partial charge in [-0.1, -0.05) is 71.7 Å². The summed E-state index contributed by atoms with van der Waals surface area (Å²) in [6.45, 7) is 25.2. The van der Waals surface area contributed by atoms with Crippen molar-refractivity contribution in [2.24, 2.45) is 0 Å². The first-order chi connectivity index (χ1) is 15.4. The third-order valence-electron chi connectivity index (χ3n) is 7.52. The fraction of sp³-hybridized carbons (Fsp3) is 0.593. The standard InChI is InChI=1S/C27H43NO4Si2/c1-12-20-28-24(29)22(31-33(8,9)25(2,3)4)23(32-34(10,11)26(5,6)7)27(28,30)19-18-21-16-14-13-15-17-21/h12-17,22-23,30H,1,20H2,2-11H3/t22-,23-,27?/m0/s1. The van der Waals surface area contributed by atoms with Gasteiger partial charge in [-0.25, -0.2) is 0 Å². The fourth-order valence-electron chi connectivity index (χ4n) is 3.24. The van der Waals surface area contributed by atoms with Crippen LogP contribution in [0.2, 0.25) is 36.3 Å². The minimum Gasteiger partial charge on any atom is -0.405 e. The van der Waals surface area contributed by atoms with Crippen LogP contribution in [0.1, 0.15) is 47.1 Å². The SMILES string of the molecule is C=CCN1C(=O)[C@@H](O[Si](C)(C)C(C)(C)C)[C@H](O[Si](C)(C)C(C)(C)C)C1(O)C#Cc1ccccc1. The number of carbonyl (C=O) groups excluding carboxylic acids is 1. The van der Waals surface area contributed by atoms with Crippen LogP contribution in [0.5, 0.6) is 0 Å². The Hall–Kier alpha value is -1.70. The van der Waals surface area contributed by atoms with Crippen LogP contribution in [0.3, 0.4) is 0 Å². The van der Waals surface area contributed by atoms with Crippen LogP contribution >= 0.6 is 0 Å². The third kappa shape index (κ3) is 5.74. The summed E-state index contributed by atoms with van der Waals surface area (Å²) in [5.41, 5.74) is -1.09. The van der Waals surface area contributed by atoms with Gasteiger partial charge >= 0.3 is 0 Å². The van der Waals surface area contributed by atoms with Gasteiger partial charge in [-0.2, -0.15) is 0 Å². The number of amides is 1. The lowest BCUT2D eigenvalue weighted by Gasteiger charge is -2.44. The van der Waals surface area contributed by atoms with E-state index in [1.54, 1.807) is 6.08 Å². The Bertz CT molecular complexity index is 951. The van der Waals surface area contributed by atoms with Crippen molar-refractivity contribution in [3.05, 3.63) is 48.6 Å². The molecule has 1 unspecified atom stereocenters. The summed E-state index contributed by atoms with van der Waals surface area (Å²) in [6, 6.07) is 9.44. The van der Waals surface area contributed by atoms with E-state index in [1.165, 1.54) is 4.90 Å². The van der Waals surface area contributed by atoms with E-state index in [4.69, 9.17) is 8.85 Å². The van der Waals surface area contributed by atoms with E-state index in [1.807, 2.05) is 30.3 Å². The van der Waals surface area contributed by atoms with E-state index >= 15 is 0 Å². The van der Waals surface area contributed by atoms with Gasteiger partial charge in [0.05, 0.1) is 0 Å². The molecule has 0 saturated carbocycles. The maximum Gasteiger partial charge on any atom is 0.256 e. The molecule has 1 N–H and O–H groups in total. The lowest BCUT2D eigenvalue weighted by Crippen LogP contribution is -2.58. The van der Waals surface area contributed by atoms with Crippen molar-refractivity contribution in [1.29, 1.82) is 0 Å². The summed E-state index contributed by atoms with van der Waals surface area (Å²) in [4.78, 5) is 15.1. The molecule has 3 atom stereocenters. The number of carbonyl (C=O) groups is 1.